The van der Waals surface area contributed by atoms with Gasteiger partial charge in [0, 0.05) is 12.4 Å². The van der Waals surface area contributed by atoms with Crippen LogP contribution in [0.25, 0.3) is 0 Å². The van der Waals surface area contributed by atoms with Gasteiger partial charge in [0.05, 0.1) is 12.7 Å². The minimum Gasteiger partial charge on any atom is -0.465 e. The molecule has 0 fully saturated rings. The fraction of sp³-hybridized carbons (Fsp3) is 0.214. The summed E-state index contributed by atoms with van der Waals surface area (Å²) in [5.74, 6) is -0.355. The van der Waals surface area contributed by atoms with E-state index >= 15 is 0 Å². The SMILES string of the molecule is COC(=O)c1ccc(C(C)Oc2ncccn2)cc1. The zero-order valence-corrected chi connectivity index (χ0v) is 10.7. The third-order valence-electron chi connectivity index (χ3n) is 2.63. The average Bonchev–Trinajstić information content (AvgIpc) is 2.47. The van der Waals surface area contributed by atoms with Gasteiger partial charge in [-0.15, -0.1) is 0 Å². The highest BCUT2D eigenvalue weighted by Crippen LogP contribution is 2.18. The number of ether oxygens (including phenoxy) is 2. The van der Waals surface area contributed by atoms with E-state index in [0.29, 0.717) is 11.6 Å². The van der Waals surface area contributed by atoms with Gasteiger partial charge in [-0.3, -0.25) is 0 Å². The van der Waals surface area contributed by atoms with E-state index in [9.17, 15) is 4.79 Å². The Bertz CT molecular complexity index is 540. The number of benzene rings is 1. The van der Waals surface area contributed by atoms with Crippen molar-refractivity contribution in [3.8, 4) is 6.01 Å². The van der Waals surface area contributed by atoms with Crippen LogP contribution in [0.15, 0.2) is 42.7 Å². The summed E-state index contributed by atoms with van der Waals surface area (Å²) in [6, 6.07) is 9.09. The lowest BCUT2D eigenvalue weighted by molar-refractivity contribution is 0.0600. The van der Waals surface area contributed by atoms with Gasteiger partial charge < -0.3 is 9.47 Å². The van der Waals surface area contributed by atoms with Crippen LogP contribution >= 0.6 is 0 Å². The van der Waals surface area contributed by atoms with Crippen molar-refractivity contribution in [3.63, 3.8) is 0 Å². The summed E-state index contributed by atoms with van der Waals surface area (Å²) in [6.07, 6.45) is 3.04. The van der Waals surface area contributed by atoms with Crippen LogP contribution in [-0.2, 0) is 4.74 Å². The molecule has 2 aromatic rings. The minimum absolute atomic E-state index is 0.200. The molecule has 0 amide bonds. The topological polar surface area (TPSA) is 61.3 Å². The van der Waals surface area contributed by atoms with Gasteiger partial charge in [-0.05, 0) is 30.7 Å². The first kappa shape index (κ1) is 13.0. The van der Waals surface area contributed by atoms with Gasteiger partial charge in [-0.1, -0.05) is 12.1 Å². The predicted octanol–water partition coefficient (Wildman–Crippen LogP) is 2.40. The maximum absolute atomic E-state index is 11.3. The van der Waals surface area contributed by atoms with Crippen LogP contribution in [0.4, 0.5) is 0 Å². The normalized spacial score (nSPS) is 11.7. The van der Waals surface area contributed by atoms with Gasteiger partial charge in [0.2, 0.25) is 0 Å². The lowest BCUT2D eigenvalue weighted by Crippen LogP contribution is -2.06. The zero-order chi connectivity index (χ0) is 13.7. The molecule has 0 saturated heterocycles. The number of hydrogen-bond donors (Lipinski definition) is 0. The Kier molecular flexibility index (Phi) is 4.07. The molecule has 1 unspecified atom stereocenters. The van der Waals surface area contributed by atoms with Crippen molar-refractivity contribution in [1.82, 2.24) is 9.97 Å². The molecular formula is C14H14N2O3. The molecule has 0 aliphatic carbocycles. The average molecular weight is 258 g/mol. The fourth-order valence-electron chi connectivity index (χ4n) is 1.58. The molecule has 5 heteroatoms. The van der Waals surface area contributed by atoms with Crippen LogP contribution in [0, 0.1) is 0 Å². The van der Waals surface area contributed by atoms with Gasteiger partial charge >= 0.3 is 12.0 Å². The highest BCUT2D eigenvalue weighted by Gasteiger charge is 2.10. The van der Waals surface area contributed by atoms with Crippen molar-refractivity contribution in [2.45, 2.75) is 13.0 Å². The quantitative estimate of drug-likeness (QED) is 0.788. The van der Waals surface area contributed by atoms with Crippen molar-refractivity contribution in [2.24, 2.45) is 0 Å². The molecule has 0 N–H and O–H groups in total. The van der Waals surface area contributed by atoms with Crippen molar-refractivity contribution >= 4 is 5.97 Å². The molecule has 0 aliphatic rings. The summed E-state index contributed by atoms with van der Waals surface area (Å²) in [4.78, 5) is 19.3. The van der Waals surface area contributed by atoms with Crippen LogP contribution < -0.4 is 4.74 Å². The van der Waals surface area contributed by atoms with Crippen LogP contribution in [-0.4, -0.2) is 23.0 Å². The molecule has 0 spiro atoms. The monoisotopic (exact) mass is 258 g/mol. The van der Waals surface area contributed by atoms with E-state index in [0.717, 1.165) is 5.56 Å². The Balaban J connectivity index is 2.07. The predicted molar refractivity (Wildman–Crippen MR) is 68.9 cm³/mol. The molecule has 0 aliphatic heterocycles. The molecule has 1 aromatic carbocycles. The third kappa shape index (κ3) is 3.28. The first-order valence-electron chi connectivity index (χ1n) is 5.82. The van der Waals surface area contributed by atoms with Crippen LogP contribution in [0.1, 0.15) is 28.9 Å². The first-order valence-corrected chi connectivity index (χ1v) is 5.82. The molecule has 1 heterocycles. The standard InChI is InChI=1S/C14H14N2O3/c1-10(19-14-15-8-3-9-16-14)11-4-6-12(7-5-11)13(17)18-2/h3-10H,1-2H3. The maximum atomic E-state index is 11.3. The lowest BCUT2D eigenvalue weighted by Gasteiger charge is -2.13. The molecule has 1 atom stereocenters. The second-order valence-corrected chi connectivity index (χ2v) is 3.91. The van der Waals surface area contributed by atoms with E-state index in [1.807, 2.05) is 19.1 Å². The number of hydrogen-bond acceptors (Lipinski definition) is 5. The summed E-state index contributed by atoms with van der Waals surface area (Å²) in [7, 11) is 1.36. The first-order chi connectivity index (χ1) is 9.20. The van der Waals surface area contributed by atoms with Crippen molar-refractivity contribution in [2.75, 3.05) is 7.11 Å². The molecule has 0 radical (unpaired) electrons. The number of methoxy groups -OCH3 is 1. The van der Waals surface area contributed by atoms with Crippen LogP contribution in [0.2, 0.25) is 0 Å². The fourth-order valence-corrected chi connectivity index (χ4v) is 1.58. The molecular weight excluding hydrogens is 244 g/mol. The molecule has 2 rings (SSSR count). The zero-order valence-electron chi connectivity index (χ0n) is 10.7. The Labute approximate surface area is 111 Å². The second kappa shape index (κ2) is 5.95. The number of esters is 1. The van der Waals surface area contributed by atoms with Gasteiger partial charge in [0.1, 0.15) is 6.10 Å². The van der Waals surface area contributed by atoms with Crippen LogP contribution in [0.5, 0.6) is 6.01 Å². The summed E-state index contributed by atoms with van der Waals surface area (Å²) in [5, 5.41) is 0. The van der Waals surface area contributed by atoms with E-state index in [-0.39, 0.29) is 12.1 Å². The van der Waals surface area contributed by atoms with Gasteiger partial charge in [0.25, 0.3) is 0 Å². The Morgan fingerprint density at radius 3 is 2.37 bits per heavy atom. The van der Waals surface area contributed by atoms with Gasteiger partial charge in [0.15, 0.2) is 0 Å². The van der Waals surface area contributed by atoms with Gasteiger partial charge in [-0.25, -0.2) is 14.8 Å². The summed E-state index contributed by atoms with van der Waals surface area (Å²) in [5.41, 5.74) is 1.44. The van der Waals surface area contributed by atoms with Crippen molar-refractivity contribution < 1.29 is 14.3 Å². The number of rotatable bonds is 4. The maximum Gasteiger partial charge on any atom is 0.337 e. The van der Waals surface area contributed by atoms with Crippen LogP contribution in [0.3, 0.4) is 0 Å². The summed E-state index contributed by atoms with van der Waals surface area (Å²) >= 11 is 0. The van der Waals surface area contributed by atoms with Crippen molar-refractivity contribution in [3.05, 3.63) is 53.9 Å². The number of nitrogens with zero attached hydrogens (tertiary/aromatic N) is 2. The summed E-state index contributed by atoms with van der Waals surface area (Å²) < 4.78 is 10.2. The molecule has 1 aromatic heterocycles. The Morgan fingerprint density at radius 2 is 1.79 bits per heavy atom. The van der Waals surface area contributed by atoms with E-state index in [2.05, 4.69) is 14.7 Å². The molecule has 0 saturated carbocycles. The van der Waals surface area contributed by atoms with E-state index in [1.165, 1.54) is 7.11 Å². The molecule has 19 heavy (non-hydrogen) atoms. The second-order valence-electron chi connectivity index (χ2n) is 3.91. The summed E-state index contributed by atoms with van der Waals surface area (Å²) in [6.45, 7) is 1.89. The number of aromatic nitrogens is 2. The Hall–Kier alpha value is -2.43. The smallest absolute Gasteiger partial charge is 0.337 e. The van der Waals surface area contributed by atoms with Crippen molar-refractivity contribution in [1.29, 1.82) is 0 Å². The van der Waals surface area contributed by atoms with Gasteiger partial charge in [-0.2, -0.15) is 0 Å². The third-order valence-corrected chi connectivity index (χ3v) is 2.63. The lowest BCUT2D eigenvalue weighted by atomic mass is 10.1. The van der Waals surface area contributed by atoms with E-state index < -0.39 is 0 Å². The molecule has 5 nitrogen and oxygen atoms in total. The Morgan fingerprint density at radius 1 is 1.16 bits per heavy atom. The number of carbonyl (C=O) groups is 1. The van der Waals surface area contributed by atoms with E-state index in [4.69, 9.17) is 4.74 Å². The van der Waals surface area contributed by atoms with E-state index in [1.54, 1.807) is 30.6 Å². The molecule has 0 bridgehead atoms. The largest absolute Gasteiger partial charge is 0.465 e. The minimum atomic E-state index is -0.355. The molecule has 98 valence electrons. The highest BCUT2D eigenvalue weighted by atomic mass is 16.5. The number of carbonyl (C=O) groups excluding carboxylic acids is 1. The highest BCUT2D eigenvalue weighted by molar-refractivity contribution is 5.89.